The van der Waals surface area contributed by atoms with E-state index in [-0.39, 0.29) is 46.2 Å². The summed E-state index contributed by atoms with van der Waals surface area (Å²) in [5.74, 6) is 7.15. The van der Waals surface area contributed by atoms with Gasteiger partial charge in [-0.05, 0) is 182 Å². The molecule has 0 N–H and O–H groups in total. The van der Waals surface area contributed by atoms with E-state index in [1.165, 1.54) is 0 Å². The molecule has 0 bridgehead atoms. The lowest BCUT2D eigenvalue weighted by Crippen LogP contribution is -2.26. The van der Waals surface area contributed by atoms with Gasteiger partial charge in [-0.2, -0.15) is 0 Å². The largest absolute Gasteiger partial charge is 0.489 e. The zero-order valence-corrected chi connectivity index (χ0v) is 71.8. The third-order valence-electron chi connectivity index (χ3n) is 19.9. The van der Waals surface area contributed by atoms with E-state index in [0.717, 1.165) is 77.9 Å². The summed E-state index contributed by atoms with van der Waals surface area (Å²) in [5.41, 5.74) is 13.4. The first-order chi connectivity index (χ1) is 61.8. The Morgan fingerprint density at radius 2 is 0.349 bits per heavy atom. The summed E-state index contributed by atoms with van der Waals surface area (Å²) in [4.78, 5) is 13.4. The molecule has 15 aromatic rings. The van der Waals surface area contributed by atoms with Gasteiger partial charge in [0.25, 0.3) is 0 Å². The van der Waals surface area contributed by atoms with E-state index in [9.17, 15) is 4.79 Å². The van der Waals surface area contributed by atoms with Gasteiger partial charge >= 0.3 is 5.97 Å². The van der Waals surface area contributed by atoms with Crippen molar-refractivity contribution in [3.05, 3.63) is 454 Å². The van der Waals surface area contributed by atoms with Crippen LogP contribution < -0.4 is 66.3 Å². The van der Waals surface area contributed by atoms with E-state index < -0.39 is 10.3 Å². The number of hydrogen-bond acceptors (Lipinski definition) is 16. The van der Waals surface area contributed by atoms with Gasteiger partial charge in [-0.25, -0.2) is 0 Å². The van der Waals surface area contributed by atoms with Crippen molar-refractivity contribution in [1.29, 1.82) is 0 Å². The Balaban J connectivity index is 0.715. The highest BCUT2D eigenvalue weighted by molar-refractivity contribution is 9.10. The molecule has 0 radical (unpaired) electrons. The predicted octanol–water partition coefficient (Wildman–Crippen LogP) is 25.0. The van der Waals surface area contributed by atoms with Gasteiger partial charge in [-0.1, -0.05) is 271 Å². The van der Waals surface area contributed by atoms with Gasteiger partial charge in [0.1, 0.15) is 161 Å². The molecule has 0 aliphatic rings. The van der Waals surface area contributed by atoms with Crippen LogP contribution in [0.25, 0.3) is 0 Å². The first-order valence-electron chi connectivity index (χ1n) is 41.8. The molecule has 636 valence electrons. The van der Waals surface area contributed by atoms with Crippen molar-refractivity contribution >= 4 is 21.9 Å². The summed E-state index contributed by atoms with van der Waals surface area (Å²) < 4.78 is 97.4. The third kappa shape index (κ3) is 27.5. The molecule has 0 aromatic heterocycles. The Labute approximate surface area is 744 Å². The van der Waals surface area contributed by atoms with Gasteiger partial charge in [-0.15, -0.1) is 0 Å². The molecule has 0 aliphatic heterocycles. The van der Waals surface area contributed by atoms with Crippen LogP contribution in [0.1, 0.15) is 97.3 Å². The fourth-order valence-corrected chi connectivity index (χ4v) is 13.5. The van der Waals surface area contributed by atoms with E-state index in [0.29, 0.717) is 139 Å². The van der Waals surface area contributed by atoms with E-state index in [1.807, 2.05) is 370 Å². The molecule has 15 rings (SSSR count). The molecule has 15 aromatic carbocycles. The molecule has 0 saturated heterocycles. The number of halogens is 1. The predicted molar refractivity (Wildman–Crippen MR) is 490 cm³/mol. The Morgan fingerprint density at radius 3 is 0.540 bits per heavy atom. The zero-order chi connectivity index (χ0) is 86.2. The second-order valence-electron chi connectivity index (χ2n) is 30.6. The minimum atomic E-state index is -0.956. The van der Waals surface area contributed by atoms with Crippen molar-refractivity contribution in [2.45, 2.75) is 117 Å². The van der Waals surface area contributed by atoms with Crippen molar-refractivity contribution in [2.24, 2.45) is 0 Å². The molecule has 0 atom stereocenters. The average molecular weight is 1740 g/mol. The van der Waals surface area contributed by atoms with Gasteiger partial charge in [-0.3, -0.25) is 4.79 Å². The van der Waals surface area contributed by atoms with Gasteiger partial charge in [0.05, 0.1) is 0 Å². The van der Waals surface area contributed by atoms with Gasteiger partial charge in [0, 0.05) is 30.3 Å². The Morgan fingerprint density at radius 1 is 0.183 bits per heavy atom. The molecule has 126 heavy (non-hydrogen) atoms. The van der Waals surface area contributed by atoms with Crippen LogP contribution in [0.15, 0.2) is 370 Å². The Hall–Kier alpha value is -14.6. The minimum Gasteiger partial charge on any atom is -0.489 e. The number of rotatable bonds is 45. The quantitative estimate of drug-likeness (QED) is 0.0262. The van der Waals surface area contributed by atoms with Crippen molar-refractivity contribution < 1.29 is 75.8 Å². The zero-order valence-electron chi connectivity index (χ0n) is 70.2. The number of carbonyl (C=O) groups is 1. The lowest BCUT2D eigenvalue weighted by atomic mass is 10.1. The van der Waals surface area contributed by atoms with E-state index in [2.05, 4.69) is 15.9 Å². The number of esters is 1. The SMILES string of the molecule is CC(C)(Br)C(=O)OCc1cc(OCc2ccc(OCc3cc(OCc4ccccc4)cc(OCc4ccccc4)c3)c(OCc3cc(OCc4ccccc4)cc(OCc4ccccc4)c3)c2)cc(OCc2ccc(OCc3cc(OCc4ccccc4)cc(OCc4ccccc4)c3)c(OCc3cc(OCc4ccccc4)cc(OCc4ccccc4)c3)c2)c1. The normalized spacial score (nSPS) is 11.0. The minimum absolute atomic E-state index is 0.0643. The lowest BCUT2D eigenvalue weighted by Gasteiger charge is -2.18. The van der Waals surface area contributed by atoms with Crippen LogP contribution in [0.5, 0.6) is 80.5 Å². The highest BCUT2D eigenvalue weighted by Gasteiger charge is 2.26. The molecule has 0 unspecified atom stereocenters. The maximum atomic E-state index is 13.4. The molecule has 0 heterocycles. The van der Waals surface area contributed by atoms with Crippen molar-refractivity contribution in [3.8, 4) is 80.5 Å². The summed E-state index contributed by atoms with van der Waals surface area (Å²) in [5, 5.41) is 0. The molecule has 0 fully saturated rings. The summed E-state index contributed by atoms with van der Waals surface area (Å²) in [6.45, 7) is 6.73. The van der Waals surface area contributed by atoms with E-state index in [4.69, 9.17) is 71.1 Å². The van der Waals surface area contributed by atoms with Crippen LogP contribution in [-0.4, -0.2) is 10.3 Å². The molecule has 0 spiro atoms. The molecule has 16 nitrogen and oxygen atoms in total. The van der Waals surface area contributed by atoms with Crippen LogP contribution in [0.2, 0.25) is 0 Å². The number of carbonyl (C=O) groups excluding carboxylic acids is 1. The van der Waals surface area contributed by atoms with Crippen LogP contribution in [0, 0.1) is 0 Å². The average Bonchev–Trinajstić information content (AvgIpc) is 0.833. The van der Waals surface area contributed by atoms with Gasteiger partial charge in [0.15, 0.2) is 23.0 Å². The molecule has 0 saturated carbocycles. The standard InChI is InChI=1S/C109H97BrO16/c1-109(2,110)108(111)126-78-93-55-102(120-72-87-43-45-104(122-74-89-47-94(112-64-79-27-11-3-12-28-79)59-95(48-89)113-65-80-29-13-4-14-30-80)106(57-87)124-76-91-51-98(116-68-83-35-19-7-20-36-83)61-99(52-91)117-69-84-37-21-8-22-38-84)63-103(56-93)121-73-88-44-46-105(123-75-90-49-96(114-66-81-31-15-5-16-32-81)60-97(50-90)115-67-82-33-17-6-18-34-82)107(58-88)125-77-92-53-100(118-70-85-39-23-9-24-40-85)62-101(54-92)119-71-86-41-25-10-26-42-86/h3-63H,64-78H2,1-2H3. The Bertz CT molecular complexity index is 5330. The van der Waals surface area contributed by atoms with Crippen molar-refractivity contribution in [3.63, 3.8) is 0 Å². The molecule has 0 amide bonds. The summed E-state index contributed by atoms with van der Waals surface area (Å²) in [7, 11) is 0. The summed E-state index contributed by atoms with van der Waals surface area (Å²) in [6, 6.07) is 120. The second kappa shape index (κ2) is 44.5. The summed E-state index contributed by atoms with van der Waals surface area (Å²) in [6.07, 6.45) is 0. The second-order valence-corrected chi connectivity index (χ2v) is 32.6. The molecular weight excluding hydrogens is 1650 g/mol. The summed E-state index contributed by atoms with van der Waals surface area (Å²) >= 11 is 3.49. The monoisotopic (exact) mass is 1740 g/mol. The molecule has 0 aliphatic carbocycles. The fourth-order valence-electron chi connectivity index (χ4n) is 13.4. The lowest BCUT2D eigenvalue weighted by molar-refractivity contribution is -0.146. The van der Waals surface area contributed by atoms with E-state index in [1.54, 1.807) is 13.8 Å². The van der Waals surface area contributed by atoms with Gasteiger partial charge in [0.2, 0.25) is 0 Å². The first-order valence-corrected chi connectivity index (χ1v) is 42.6. The van der Waals surface area contributed by atoms with Crippen molar-refractivity contribution in [2.75, 3.05) is 0 Å². The maximum Gasteiger partial charge on any atom is 0.322 e. The topological polar surface area (TPSA) is 156 Å². The number of ether oxygens (including phenoxy) is 15. The van der Waals surface area contributed by atoms with Gasteiger partial charge < -0.3 is 71.1 Å². The highest BCUT2D eigenvalue weighted by Crippen LogP contribution is 2.38. The van der Waals surface area contributed by atoms with Crippen LogP contribution in [-0.2, 0) is 109 Å². The number of alkyl halides is 1. The number of benzene rings is 15. The van der Waals surface area contributed by atoms with Crippen molar-refractivity contribution in [1.82, 2.24) is 0 Å². The maximum absolute atomic E-state index is 13.4. The van der Waals surface area contributed by atoms with Crippen LogP contribution in [0.3, 0.4) is 0 Å². The molecule has 17 heteroatoms. The smallest absolute Gasteiger partial charge is 0.322 e. The highest BCUT2D eigenvalue weighted by atomic mass is 79.9. The van der Waals surface area contributed by atoms with E-state index >= 15 is 0 Å². The molecular formula is C109H97BrO16. The van der Waals surface area contributed by atoms with Crippen LogP contribution in [0.4, 0.5) is 0 Å². The fraction of sp³-hybridized carbons (Fsp3) is 0.165. The first kappa shape index (κ1) is 86.4. The number of hydrogen-bond donors (Lipinski definition) is 0. The Kier molecular flexibility index (Phi) is 30.5. The van der Waals surface area contributed by atoms with Crippen LogP contribution >= 0.6 is 15.9 Å². The third-order valence-corrected chi connectivity index (χ3v) is 20.3.